The van der Waals surface area contributed by atoms with Crippen LogP contribution >= 0.6 is 0 Å². The van der Waals surface area contributed by atoms with Gasteiger partial charge in [0.05, 0.1) is 0 Å². The number of nitrogens with zero attached hydrogens (tertiary/aromatic N) is 3. The van der Waals surface area contributed by atoms with Crippen molar-refractivity contribution in [2.24, 2.45) is 0 Å². The van der Waals surface area contributed by atoms with Crippen LogP contribution in [-0.4, -0.2) is 51.8 Å². The van der Waals surface area contributed by atoms with Crippen LogP contribution in [0.3, 0.4) is 0 Å². The van der Waals surface area contributed by atoms with Crippen molar-refractivity contribution in [3.05, 3.63) is 83.6 Å². The van der Waals surface area contributed by atoms with Gasteiger partial charge in [0.25, 0.3) is 11.8 Å². The number of hydrogen-bond donors (Lipinski definition) is 3. The smallest absolute Gasteiger partial charge is 0.321 e. The molecule has 1 fully saturated rings. The lowest BCUT2D eigenvalue weighted by atomic mass is 10.1. The molecule has 1 aliphatic heterocycles. The fraction of sp³-hybridized carbons (Fsp3) is 0.208. The first-order valence-electron chi connectivity index (χ1n) is 11.0. The molecule has 4 rings (SSSR count). The maximum absolute atomic E-state index is 13.4. The number of carbonyl (C=O) groups excluding carboxylic acids is 3. The van der Waals surface area contributed by atoms with Gasteiger partial charge in [0.1, 0.15) is 17.5 Å². The SMILES string of the molecule is O=C(Nc1nccnc1C(=O)NC1CCN(C(=O)Nc2cccc(F)c2)CC1)c1cc(F)cc(F)c1. The Morgan fingerprint density at radius 1 is 0.833 bits per heavy atom. The van der Waals surface area contributed by atoms with Crippen LogP contribution in [0.25, 0.3) is 0 Å². The zero-order valence-corrected chi connectivity index (χ0v) is 18.8. The number of anilines is 2. The quantitative estimate of drug-likeness (QED) is 0.497. The lowest BCUT2D eigenvalue weighted by Crippen LogP contribution is -2.48. The van der Waals surface area contributed by atoms with Crippen molar-refractivity contribution in [3.63, 3.8) is 0 Å². The van der Waals surface area contributed by atoms with Crippen LogP contribution in [0, 0.1) is 17.5 Å². The molecule has 0 unspecified atom stereocenters. The number of halogens is 3. The molecule has 12 heteroatoms. The van der Waals surface area contributed by atoms with E-state index in [-0.39, 0.29) is 29.1 Å². The fourth-order valence-electron chi connectivity index (χ4n) is 3.71. The third-order valence-electron chi connectivity index (χ3n) is 5.46. The van der Waals surface area contributed by atoms with Crippen molar-refractivity contribution in [2.45, 2.75) is 18.9 Å². The van der Waals surface area contributed by atoms with Crippen LogP contribution in [0.15, 0.2) is 54.9 Å². The number of rotatable bonds is 5. The first-order chi connectivity index (χ1) is 17.3. The molecular weight excluding hydrogens is 477 g/mol. The molecule has 9 nitrogen and oxygen atoms in total. The molecular formula is C24H21F3N6O3. The third-order valence-corrected chi connectivity index (χ3v) is 5.46. The fourth-order valence-corrected chi connectivity index (χ4v) is 3.71. The number of amides is 4. The second kappa shape index (κ2) is 10.8. The van der Waals surface area contributed by atoms with Gasteiger partial charge in [-0.3, -0.25) is 9.59 Å². The number of piperidine rings is 1. The zero-order chi connectivity index (χ0) is 25.7. The molecule has 186 valence electrons. The number of aromatic nitrogens is 2. The van der Waals surface area contributed by atoms with Gasteiger partial charge in [0, 0.05) is 48.8 Å². The predicted octanol–water partition coefficient (Wildman–Crippen LogP) is 3.57. The zero-order valence-electron chi connectivity index (χ0n) is 18.8. The number of likely N-dealkylation sites (tertiary alicyclic amines) is 1. The summed E-state index contributed by atoms with van der Waals surface area (Å²) in [5.41, 5.74) is -0.115. The standard InChI is InChI=1S/C24H21F3N6O3/c25-15-2-1-3-19(13-15)31-24(36)33-8-4-18(5-9-33)30-23(35)20-21(29-7-6-28-20)32-22(34)14-10-16(26)12-17(27)11-14/h1-3,6-7,10-13,18H,4-5,8-9H2,(H,30,35)(H,31,36)(H,29,32,34). The molecule has 36 heavy (non-hydrogen) atoms. The van der Waals surface area contributed by atoms with Crippen LogP contribution in [0.1, 0.15) is 33.7 Å². The number of hydrogen-bond acceptors (Lipinski definition) is 5. The summed E-state index contributed by atoms with van der Waals surface area (Å²) in [7, 11) is 0. The molecule has 1 aliphatic rings. The van der Waals surface area contributed by atoms with Gasteiger partial charge in [-0.05, 0) is 43.2 Å². The Morgan fingerprint density at radius 2 is 1.53 bits per heavy atom. The average Bonchev–Trinajstić information content (AvgIpc) is 2.84. The van der Waals surface area contributed by atoms with E-state index < -0.39 is 29.3 Å². The second-order valence-electron chi connectivity index (χ2n) is 8.04. The largest absolute Gasteiger partial charge is 0.348 e. The van der Waals surface area contributed by atoms with Crippen LogP contribution < -0.4 is 16.0 Å². The minimum Gasteiger partial charge on any atom is -0.348 e. The third kappa shape index (κ3) is 6.14. The van der Waals surface area contributed by atoms with Crippen molar-refractivity contribution in [3.8, 4) is 0 Å². The number of nitrogens with one attached hydrogen (secondary N) is 3. The van der Waals surface area contributed by atoms with Crippen molar-refractivity contribution in [1.29, 1.82) is 0 Å². The average molecular weight is 498 g/mol. The van der Waals surface area contributed by atoms with E-state index in [1.54, 1.807) is 11.0 Å². The molecule has 3 N–H and O–H groups in total. The summed E-state index contributed by atoms with van der Waals surface area (Å²) in [5, 5.41) is 7.79. The molecule has 1 saturated heterocycles. The van der Waals surface area contributed by atoms with Gasteiger partial charge in [-0.2, -0.15) is 0 Å². The minimum atomic E-state index is -0.923. The molecule has 0 saturated carbocycles. The Kier molecular flexibility index (Phi) is 7.42. The Bertz CT molecular complexity index is 1280. The molecule has 0 atom stereocenters. The summed E-state index contributed by atoms with van der Waals surface area (Å²) in [5.74, 6) is -3.94. The lowest BCUT2D eigenvalue weighted by Gasteiger charge is -2.32. The van der Waals surface area contributed by atoms with Crippen LogP contribution in [0.5, 0.6) is 0 Å². The van der Waals surface area contributed by atoms with Gasteiger partial charge >= 0.3 is 6.03 Å². The first-order valence-corrected chi connectivity index (χ1v) is 11.0. The van der Waals surface area contributed by atoms with Gasteiger partial charge in [0.15, 0.2) is 11.5 Å². The van der Waals surface area contributed by atoms with E-state index in [1.165, 1.54) is 30.6 Å². The number of carbonyl (C=O) groups is 3. The molecule has 0 radical (unpaired) electrons. The maximum atomic E-state index is 13.4. The summed E-state index contributed by atoms with van der Waals surface area (Å²) in [6, 6.07) is 7.25. The molecule has 2 heterocycles. The van der Waals surface area contributed by atoms with E-state index in [0.29, 0.717) is 37.7 Å². The molecule has 0 aliphatic carbocycles. The summed E-state index contributed by atoms with van der Waals surface area (Å²) in [6.07, 6.45) is 3.43. The van der Waals surface area contributed by atoms with Gasteiger partial charge in [-0.1, -0.05) is 6.07 Å². The minimum absolute atomic E-state index is 0.170. The highest BCUT2D eigenvalue weighted by atomic mass is 19.1. The Balaban J connectivity index is 1.34. The van der Waals surface area contributed by atoms with Gasteiger partial charge in [-0.15, -0.1) is 0 Å². The number of benzene rings is 2. The van der Waals surface area contributed by atoms with Gasteiger partial charge in [-0.25, -0.2) is 27.9 Å². The topological polar surface area (TPSA) is 116 Å². The molecule has 0 spiro atoms. The highest BCUT2D eigenvalue weighted by Crippen LogP contribution is 2.17. The number of urea groups is 1. The Labute approximate surface area is 203 Å². The van der Waals surface area contributed by atoms with Crippen molar-refractivity contribution >= 4 is 29.4 Å². The molecule has 4 amide bonds. The van der Waals surface area contributed by atoms with Gasteiger partial charge in [0.2, 0.25) is 0 Å². The second-order valence-corrected chi connectivity index (χ2v) is 8.04. The highest BCUT2D eigenvalue weighted by molar-refractivity contribution is 6.07. The van der Waals surface area contributed by atoms with E-state index in [2.05, 4.69) is 25.9 Å². The van der Waals surface area contributed by atoms with Crippen LogP contribution in [0.4, 0.5) is 29.5 Å². The van der Waals surface area contributed by atoms with E-state index in [1.807, 2.05) is 0 Å². The van der Waals surface area contributed by atoms with E-state index >= 15 is 0 Å². The Morgan fingerprint density at radius 3 is 2.22 bits per heavy atom. The Hall–Kier alpha value is -4.48. The van der Waals surface area contributed by atoms with E-state index in [9.17, 15) is 27.6 Å². The van der Waals surface area contributed by atoms with Gasteiger partial charge < -0.3 is 20.9 Å². The predicted molar refractivity (Wildman–Crippen MR) is 124 cm³/mol. The maximum Gasteiger partial charge on any atom is 0.321 e. The summed E-state index contributed by atoms with van der Waals surface area (Å²) >= 11 is 0. The summed E-state index contributed by atoms with van der Waals surface area (Å²) in [6.45, 7) is 0.697. The van der Waals surface area contributed by atoms with Crippen molar-refractivity contribution in [2.75, 3.05) is 23.7 Å². The molecule has 1 aromatic heterocycles. The molecule has 0 bridgehead atoms. The first kappa shape index (κ1) is 24.6. The van der Waals surface area contributed by atoms with Crippen molar-refractivity contribution in [1.82, 2.24) is 20.2 Å². The van der Waals surface area contributed by atoms with Crippen molar-refractivity contribution < 1.29 is 27.6 Å². The molecule has 3 aromatic rings. The monoisotopic (exact) mass is 498 g/mol. The molecule has 2 aromatic carbocycles. The lowest BCUT2D eigenvalue weighted by molar-refractivity contribution is 0.0915. The van der Waals surface area contributed by atoms with E-state index in [0.717, 1.165) is 12.1 Å². The highest BCUT2D eigenvalue weighted by Gasteiger charge is 2.26. The summed E-state index contributed by atoms with van der Waals surface area (Å²) < 4.78 is 40.2. The van der Waals surface area contributed by atoms with Crippen LogP contribution in [0.2, 0.25) is 0 Å². The van der Waals surface area contributed by atoms with Crippen LogP contribution in [-0.2, 0) is 0 Å². The van der Waals surface area contributed by atoms with E-state index in [4.69, 9.17) is 0 Å². The normalized spacial score (nSPS) is 13.7. The summed E-state index contributed by atoms with van der Waals surface area (Å²) in [4.78, 5) is 47.2.